The molecule has 2 N–H and O–H groups in total. The Morgan fingerprint density at radius 1 is 1.58 bits per heavy atom. The number of H-pyrrole nitrogens is 1. The van der Waals surface area contributed by atoms with Gasteiger partial charge in [-0.25, -0.2) is 0 Å². The van der Waals surface area contributed by atoms with Gasteiger partial charge in [-0.3, -0.25) is 0 Å². The largest absolute Gasteiger partial charge is 0.384 e. The van der Waals surface area contributed by atoms with Crippen molar-refractivity contribution in [1.29, 1.82) is 0 Å². The molecule has 1 rings (SSSR count). The molecule has 0 bridgehead atoms. The molecule has 0 aromatic carbocycles. The van der Waals surface area contributed by atoms with Gasteiger partial charge in [-0.15, -0.1) is 0 Å². The third-order valence-electron chi connectivity index (χ3n) is 1.98. The first-order chi connectivity index (χ1) is 5.52. The van der Waals surface area contributed by atoms with E-state index in [-0.39, 0.29) is 0 Å². The van der Waals surface area contributed by atoms with E-state index in [9.17, 15) is 5.11 Å². The SMILES string of the molecule is CC(C)CC(C)(O)c1ccc[nH]1. The Bertz CT molecular complexity index is 224. The van der Waals surface area contributed by atoms with Crippen LogP contribution >= 0.6 is 0 Å². The number of aromatic nitrogens is 1. The smallest absolute Gasteiger partial charge is 0.102 e. The molecular weight excluding hydrogens is 150 g/mol. The maximum Gasteiger partial charge on any atom is 0.102 e. The Morgan fingerprint density at radius 3 is 2.67 bits per heavy atom. The summed E-state index contributed by atoms with van der Waals surface area (Å²) in [5, 5.41) is 10.0. The summed E-state index contributed by atoms with van der Waals surface area (Å²) >= 11 is 0. The van der Waals surface area contributed by atoms with Crippen LogP contribution in [0.15, 0.2) is 18.3 Å². The first-order valence-corrected chi connectivity index (χ1v) is 4.38. The average Bonchev–Trinajstić information content (AvgIpc) is 2.32. The highest BCUT2D eigenvalue weighted by Crippen LogP contribution is 2.26. The minimum atomic E-state index is -0.711. The quantitative estimate of drug-likeness (QED) is 0.711. The van der Waals surface area contributed by atoms with Gasteiger partial charge in [-0.1, -0.05) is 13.8 Å². The zero-order chi connectivity index (χ0) is 9.19. The van der Waals surface area contributed by atoms with Gasteiger partial charge in [0.25, 0.3) is 0 Å². The zero-order valence-electron chi connectivity index (χ0n) is 7.96. The van der Waals surface area contributed by atoms with Crippen LogP contribution in [-0.4, -0.2) is 10.1 Å². The minimum absolute atomic E-state index is 0.503. The number of nitrogens with one attached hydrogen (secondary N) is 1. The number of hydrogen-bond acceptors (Lipinski definition) is 1. The van der Waals surface area contributed by atoms with Gasteiger partial charge in [-0.05, 0) is 31.4 Å². The van der Waals surface area contributed by atoms with Crippen molar-refractivity contribution in [3.05, 3.63) is 24.0 Å². The predicted octanol–water partition coefficient (Wildman–Crippen LogP) is 2.27. The van der Waals surface area contributed by atoms with Gasteiger partial charge in [0.15, 0.2) is 0 Å². The normalized spacial score (nSPS) is 16.4. The standard InChI is InChI=1S/C10H17NO/c1-8(2)7-10(3,12)9-5-4-6-11-9/h4-6,8,11-12H,7H2,1-3H3. The summed E-state index contributed by atoms with van der Waals surface area (Å²) < 4.78 is 0. The number of aliphatic hydroxyl groups is 1. The van der Waals surface area contributed by atoms with E-state index >= 15 is 0 Å². The van der Waals surface area contributed by atoms with Crippen molar-refractivity contribution in [1.82, 2.24) is 4.98 Å². The first-order valence-electron chi connectivity index (χ1n) is 4.38. The lowest BCUT2D eigenvalue weighted by Gasteiger charge is -2.24. The van der Waals surface area contributed by atoms with Crippen LogP contribution in [0.25, 0.3) is 0 Å². The molecule has 1 aromatic heterocycles. The molecular formula is C10H17NO. The molecule has 2 nitrogen and oxygen atoms in total. The third kappa shape index (κ3) is 2.11. The van der Waals surface area contributed by atoms with Crippen molar-refractivity contribution in [3.63, 3.8) is 0 Å². The lowest BCUT2D eigenvalue weighted by atomic mass is 9.91. The molecule has 68 valence electrons. The summed E-state index contributed by atoms with van der Waals surface area (Å²) in [6, 6.07) is 3.83. The highest BCUT2D eigenvalue weighted by Gasteiger charge is 2.24. The van der Waals surface area contributed by atoms with E-state index in [4.69, 9.17) is 0 Å². The van der Waals surface area contributed by atoms with Gasteiger partial charge in [0.2, 0.25) is 0 Å². The van der Waals surface area contributed by atoms with Crippen LogP contribution in [0.2, 0.25) is 0 Å². The van der Waals surface area contributed by atoms with Crippen LogP contribution in [0, 0.1) is 5.92 Å². The van der Waals surface area contributed by atoms with Crippen molar-refractivity contribution >= 4 is 0 Å². The molecule has 0 saturated carbocycles. The summed E-state index contributed by atoms with van der Waals surface area (Å²) in [6.45, 7) is 6.06. The molecule has 0 spiro atoms. The molecule has 1 atom stereocenters. The molecule has 0 aliphatic rings. The molecule has 0 amide bonds. The molecule has 1 heterocycles. The maximum absolute atomic E-state index is 10.0. The maximum atomic E-state index is 10.0. The van der Waals surface area contributed by atoms with Crippen LogP contribution < -0.4 is 0 Å². The molecule has 0 aliphatic heterocycles. The Morgan fingerprint density at radius 2 is 2.25 bits per heavy atom. The molecule has 0 saturated heterocycles. The monoisotopic (exact) mass is 167 g/mol. The van der Waals surface area contributed by atoms with Crippen LogP contribution in [0.3, 0.4) is 0 Å². The second-order valence-electron chi connectivity index (χ2n) is 3.96. The summed E-state index contributed by atoms with van der Waals surface area (Å²) in [7, 11) is 0. The highest BCUT2D eigenvalue weighted by atomic mass is 16.3. The molecule has 0 radical (unpaired) electrons. The van der Waals surface area contributed by atoms with Gasteiger partial charge in [-0.2, -0.15) is 0 Å². The van der Waals surface area contributed by atoms with Gasteiger partial charge < -0.3 is 10.1 Å². The van der Waals surface area contributed by atoms with Gasteiger partial charge >= 0.3 is 0 Å². The Balaban J connectivity index is 2.72. The van der Waals surface area contributed by atoms with Crippen LogP contribution in [0.4, 0.5) is 0 Å². The molecule has 1 unspecified atom stereocenters. The van der Waals surface area contributed by atoms with E-state index in [1.165, 1.54) is 0 Å². The Labute approximate surface area is 73.6 Å². The summed E-state index contributed by atoms with van der Waals surface area (Å²) in [6.07, 6.45) is 2.62. The number of rotatable bonds is 3. The van der Waals surface area contributed by atoms with E-state index in [1.807, 2.05) is 25.3 Å². The topological polar surface area (TPSA) is 36.0 Å². The Hall–Kier alpha value is -0.760. The van der Waals surface area contributed by atoms with Crippen molar-refractivity contribution < 1.29 is 5.11 Å². The first kappa shape index (κ1) is 9.33. The lowest BCUT2D eigenvalue weighted by molar-refractivity contribution is 0.0311. The van der Waals surface area contributed by atoms with E-state index in [0.717, 1.165) is 12.1 Å². The van der Waals surface area contributed by atoms with Gasteiger partial charge in [0.1, 0.15) is 5.60 Å². The minimum Gasteiger partial charge on any atom is -0.384 e. The summed E-state index contributed by atoms with van der Waals surface area (Å²) in [4.78, 5) is 3.03. The molecule has 2 heteroatoms. The van der Waals surface area contributed by atoms with Crippen molar-refractivity contribution in [2.24, 2.45) is 5.92 Å². The fraction of sp³-hybridized carbons (Fsp3) is 0.600. The predicted molar refractivity (Wildman–Crippen MR) is 49.8 cm³/mol. The number of hydrogen-bond donors (Lipinski definition) is 2. The molecule has 12 heavy (non-hydrogen) atoms. The fourth-order valence-corrected chi connectivity index (χ4v) is 1.57. The molecule has 1 aromatic rings. The van der Waals surface area contributed by atoms with E-state index < -0.39 is 5.60 Å². The second kappa shape index (κ2) is 3.31. The molecule has 0 aliphatic carbocycles. The molecule has 0 fully saturated rings. The van der Waals surface area contributed by atoms with E-state index in [0.29, 0.717) is 5.92 Å². The summed E-state index contributed by atoms with van der Waals surface area (Å²) in [5.74, 6) is 0.503. The van der Waals surface area contributed by atoms with Crippen molar-refractivity contribution in [2.45, 2.75) is 32.8 Å². The average molecular weight is 167 g/mol. The highest BCUT2D eigenvalue weighted by molar-refractivity contribution is 5.12. The zero-order valence-corrected chi connectivity index (χ0v) is 7.96. The summed E-state index contributed by atoms with van der Waals surface area (Å²) in [5.41, 5.74) is 0.189. The van der Waals surface area contributed by atoms with E-state index in [1.54, 1.807) is 0 Å². The van der Waals surface area contributed by atoms with Crippen molar-refractivity contribution in [2.75, 3.05) is 0 Å². The van der Waals surface area contributed by atoms with Crippen LogP contribution in [0.1, 0.15) is 32.9 Å². The number of aromatic amines is 1. The fourth-order valence-electron chi connectivity index (χ4n) is 1.57. The Kier molecular flexibility index (Phi) is 2.58. The van der Waals surface area contributed by atoms with Crippen LogP contribution in [-0.2, 0) is 5.60 Å². The lowest BCUT2D eigenvalue weighted by Crippen LogP contribution is -2.23. The third-order valence-corrected chi connectivity index (χ3v) is 1.98. The van der Waals surface area contributed by atoms with E-state index in [2.05, 4.69) is 18.8 Å². The van der Waals surface area contributed by atoms with Crippen LogP contribution in [0.5, 0.6) is 0 Å². The van der Waals surface area contributed by atoms with Crippen molar-refractivity contribution in [3.8, 4) is 0 Å². The second-order valence-corrected chi connectivity index (χ2v) is 3.96. The van der Waals surface area contributed by atoms with Gasteiger partial charge in [0, 0.05) is 11.9 Å². The van der Waals surface area contributed by atoms with Gasteiger partial charge in [0.05, 0.1) is 0 Å².